The van der Waals surface area contributed by atoms with Crippen molar-refractivity contribution in [3.8, 4) is 0 Å². The molecule has 4 nitrogen and oxygen atoms in total. The standard InChI is InChI=1S/C15H32N2O2Si2/c1-4-21(2,3)14-13-20-15(16-5-9-18-10-6-16)17-7-11-19-12-8-17/h4,15H,1,5-14,20H2,2-3H3. The summed E-state index contributed by atoms with van der Waals surface area (Å²) in [6, 6.07) is 2.86. The molecule has 2 fully saturated rings. The van der Waals surface area contributed by atoms with Gasteiger partial charge in [0.1, 0.15) is 0 Å². The Morgan fingerprint density at radius 2 is 1.52 bits per heavy atom. The van der Waals surface area contributed by atoms with Gasteiger partial charge in [-0.3, -0.25) is 9.80 Å². The molecule has 2 aliphatic heterocycles. The van der Waals surface area contributed by atoms with Crippen molar-refractivity contribution >= 4 is 17.6 Å². The van der Waals surface area contributed by atoms with Crippen molar-refractivity contribution in [1.29, 1.82) is 0 Å². The maximum Gasteiger partial charge on any atom is 0.0706 e. The molecule has 2 aliphatic rings. The van der Waals surface area contributed by atoms with Crippen LogP contribution in [0.4, 0.5) is 0 Å². The molecule has 6 heteroatoms. The third-order valence-electron chi connectivity index (χ3n) is 4.77. The Kier molecular flexibility index (Phi) is 7.11. The molecule has 0 aromatic heterocycles. The average Bonchev–Trinajstić information content (AvgIpc) is 2.53. The van der Waals surface area contributed by atoms with E-state index in [4.69, 9.17) is 9.47 Å². The van der Waals surface area contributed by atoms with Crippen LogP contribution in [0.25, 0.3) is 0 Å². The predicted octanol–water partition coefficient (Wildman–Crippen LogP) is 0.955. The first-order chi connectivity index (χ1) is 10.1. The number of hydrogen-bond donors (Lipinski definition) is 0. The van der Waals surface area contributed by atoms with E-state index < -0.39 is 8.07 Å². The average molecular weight is 329 g/mol. The first-order valence-electron chi connectivity index (χ1n) is 8.39. The lowest BCUT2D eigenvalue weighted by Crippen LogP contribution is -2.58. The minimum Gasteiger partial charge on any atom is -0.379 e. The SMILES string of the molecule is C=C[Si](C)(C)CC[SiH2]C(N1CCOCC1)N1CCOCC1. The van der Waals surface area contributed by atoms with Gasteiger partial charge in [0.2, 0.25) is 0 Å². The maximum atomic E-state index is 5.54. The van der Waals surface area contributed by atoms with Gasteiger partial charge in [-0.15, -0.1) is 12.3 Å². The Balaban J connectivity index is 1.89. The van der Waals surface area contributed by atoms with Crippen LogP contribution in [0, 0.1) is 0 Å². The highest BCUT2D eigenvalue weighted by molar-refractivity contribution is 6.82. The van der Waals surface area contributed by atoms with Crippen LogP contribution in [0.5, 0.6) is 0 Å². The van der Waals surface area contributed by atoms with E-state index in [1.54, 1.807) is 0 Å². The molecule has 0 aromatic rings. The molecule has 122 valence electrons. The zero-order valence-electron chi connectivity index (χ0n) is 13.9. The summed E-state index contributed by atoms with van der Waals surface area (Å²) in [4.78, 5) is 5.37. The molecule has 2 saturated heterocycles. The van der Waals surface area contributed by atoms with Gasteiger partial charge in [0.05, 0.1) is 44.0 Å². The van der Waals surface area contributed by atoms with E-state index in [-0.39, 0.29) is 9.52 Å². The molecular formula is C15H32N2O2Si2. The van der Waals surface area contributed by atoms with E-state index in [1.165, 1.54) is 12.1 Å². The van der Waals surface area contributed by atoms with E-state index in [9.17, 15) is 0 Å². The zero-order valence-corrected chi connectivity index (χ0v) is 16.3. The minimum absolute atomic E-state index is 0.126. The second-order valence-corrected chi connectivity index (χ2v) is 13.8. The molecule has 0 aliphatic carbocycles. The summed E-state index contributed by atoms with van der Waals surface area (Å²) in [5, 5.41) is 0. The molecule has 0 spiro atoms. The van der Waals surface area contributed by atoms with Crippen molar-refractivity contribution in [1.82, 2.24) is 9.80 Å². The summed E-state index contributed by atoms with van der Waals surface area (Å²) >= 11 is 0. The first kappa shape index (κ1) is 17.4. The van der Waals surface area contributed by atoms with Crippen molar-refractivity contribution in [2.45, 2.75) is 31.0 Å². The minimum atomic E-state index is -1.13. The molecule has 0 N–H and O–H groups in total. The third-order valence-corrected chi connectivity index (χ3v) is 10.5. The molecule has 2 heterocycles. The van der Waals surface area contributed by atoms with Crippen LogP contribution >= 0.6 is 0 Å². The molecule has 0 atom stereocenters. The predicted molar refractivity (Wildman–Crippen MR) is 94.4 cm³/mol. The molecule has 0 unspecified atom stereocenters. The summed E-state index contributed by atoms with van der Waals surface area (Å²) in [5.41, 5.74) is 2.25. The van der Waals surface area contributed by atoms with Crippen molar-refractivity contribution in [3.05, 3.63) is 12.3 Å². The van der Waals surface area contributed by atoms with Crippen molar-refractivity contribution in [2.75, 3.05) is 52.6 Å². The Hall–Kier alpha value is 0.0138. The summed E-state index contributed by atoms with van der Waals surface area (Å²) in [6.45, 7) is 17.0. The molecule has 0 saturated carbocycles. The van der Waals surface area contributed by atoms with Gasteiger partial charge in [0, 0.05) is 32.0 Å². The maximum absolute atomic E-state index is 5.54. The van der Waals surface area contributed by atoms with Gasteiger partial charge in [-0.25, -0.2) is 0 Å². The first-order valence-corrected chi connectivity index (χ1v) is 13.5. The van der Waals surface area contributed by atoms with Crippen LogP contribution in [0.1, 0.15) is 0 Å². The highest BCUT2D eigenvalue weighted by Gasteiger charge is 2.28. The molecule has 0 amide bonds. The summed E-state index contributed by atoms with van der Waals surface area (Å²) < 4.78 is 11.1. The number of hydrogen-bond acceptors (Lipinski definition) is 4. The van der Waals surface area contributed by atoms with Gasteiger partial charge in [0.25, 0.3) is 0 Å². The van der Waals surface area contributed by atoms with Gasteiger partial charge in [-0.05, 0) is 0 Å². The van der Waals surface area contributed by atoms with Crippen molar-refractivity contribution in [3.63, 3.8) is 0 Å². The zero-order chi connectivity index (χ0) is 15.1. The second kappa shape index (κ2) is 8.60. The third kappa shape index (κ3) is 5.61. The number of rotatable bonds is 7. The lowest BCUT2D eigenvalue weighted by molar-refractivity contribution is -0.0391. The quantitative estimate of drug-likeness (QED) is 0.650. The van der Waals surface area contributed by atoms with Gasteiger partial charge in [0.15, 0.2) is 0 Å². The van der Waals surface area contributed by atoms with Gasteiger partial charge >= 0.3 is 0 Å². The largest absolute Gasteiger partial charge is 0.379 e. The van der Waals surface area contributed by atoms with E-state index in [0.29, 0.717) is 5.79 Å². The molecule has 0 bridgehead atoms. The molecule has 21 heavy (non-hydrogen) atoms. The fourth-order valence-corrected chi connectivity index (χ4v) is 9.68. The second-order valence-electron chi connectivity index (χ2n) is 6.86. The molecule has 0 aromatic carbocycles. The summed E-state index contributed by atoms with van der Waals surface area (Å²) in [6.07, 6.45) is 0. The smallest absolute Gasteiger partial charge is 0.0706 e. The highest BCUT2D eigenvalue weighted by Crippen LogP contribution is 2.17. The van der Waals surface area contributed by atoms with Gasteiger partial charge in [-0.1, -0.05) is 25.2 Å². The Labute approximate surface area is 133 Å². The highest BCUT2D eigenvalue weighted by atomic mass is 28.3. The molecular weight excluding hydrogens is 296 g/mol. The van der Waals surface area contributed by atoms with Crippen LogP contribution < -0.4 is 0 Å². The van der Waals surface area contributed by atoms with Crippen LogP contribution in [0.15, 0.2) is 12.3 Å². The van der Waals surface area contributed by atoms with E-state index in [0.717, 1.165) is 52.6 Å². The Bertz CT molecular complexity index is 299. The molecule has 2 rings (SSSR count). The van der Waals surface area contributed by atoms with E-state index in [2.05, 4.69) is 35.2 Å². The lowest BCUT2D eigenvalue weighted by Gasteiger charge is -2.43. The Morgan fingerprint density at radius 1 is 1.05 bits per heavy atom. The van der Waals surface area contributed by atoms with Crippen molar-refractivity contribution in [2.24, 2.45) is 0 Å². The van der Waals surface area contributed by atoms with Crippen LogP contribution in [0.2, 0.25) is 25.2 Å². The number of ether oxygens (including phenoxy) is 2. The van der Waals surface area contributed by atoms with Crippen LogP contribution in [0.3, 0.4) is 0 Å². The fourth-order valence-electron chi connectivity index (χ4n) is 3.19. The fraction of sp³-hybridized carbons (Fsp3) is 0.867. The topological polar surface area (TPSA) is 24.9 Å². The lowest BCUT2D eigenvalue weighted by atomic mass is 10.4. The Morgan fingerprint density at radius 3 is 1.95 bits per heavy atom. The number of nitrogens with zero attached hydrogens (tertiary/aromatic N) is 2. The normalized spacial score (nSPS) is 23.2. The monoisotopic (exact) mass is 328 g/mol. The van der Waals surface area contributed by atoms with Crippen molar-refractivity contribution < 1.29 is 9.47 Å². The van der Waals surface area contributed by atoms with Crippen LogP contribution in [-0.4, -0.2) is 85.8 Å². The van der Waals surface area contributed by atoms with Gasteiger partial charge < -0.3 is 9.47 Å². The van der Waals surface area contributed by atoms with Gasteiger partial charge in [-0.2, -0.15) is 0 Å². The number of morpholine rings is 2. The summed E-state index contributed by atoms with van der Waals surface area (Å²) in [7, 11) is -1.26. The summed E-state index contributed by atoms with van der Waals surface area (Å²) in [5.74, 6) is 0.715. The van der Waals surface area contributed by atoms with E-state index in [1.807, 2.05) is 0 Å². The molecule has 0 radical (unpaired) electrons. The van der Waals surface area contributed by atoms with E-state index >= 15 is 0 Å². The van der Waals surface area contributed by atoms with Crippen LogP contribution in [-0.2, 0) is 9.47 Å².